The Bertz CT molecular complexity index is 541. The first kappa shape index (κ1) is 18.2. The van der Waals surface area contributed by atoms with Gasteiger partial charge in [-0.05, 0) is 43.6 Å². The van der Waals surface area contributed by atoms with Crippen molar-refractivity contribution in [2.75, 3.05) is 26.2 Å². The van der Waals surface area contributed by atoms with Crippen LogP contribution < -0.4 is 5.32 Å². The molecule has 1 atom stereocenters. The van der Waals surface area contributed by atoms with Crippen LogP contribution in [0.25, 0.3) is 0 Å². The summed E-state index contributed by atoms with van der Waals surface area (Å²) in [7, 11) is 0. The van der Waals surface area contributed by atoms with Crippen molar-refractivity contribution in [1.29, 1.82) is 0 Å². The summed E-state index contributed by atoms with van der Waals surface area (Å²) >= 11 is 0. The second-order valence-corrected chi connectivity index (χ2v) is 7.91. The molecule has 138 valence electrons. The minimum Gasteiger partial charge on any atom is -0.338 e. The molecule has 0 unspecified atom stereocenters. The van der Waals surface area contributed by atoms with Crippen LogP contribution in [0.4, 0.5) is 4.79 Å². The molecule has 1 heterocycles. The van der Waals surface area contributed by atoms with Gasteiger partial charge in [0.25, 0.3) is 0 Å². The Balaban J connectivity index is 1.39. The topological polar surface area (TPSA) is 35.6 Å². The van der Waals surface area contributed by atoms with E-state index in [0.29, 0.717) is 12.0 Å². The average molecular weight is 344 g/mol. The van der Waals surface area contributed by atoms with Crippen molar-refractivity contribution in [3.8, 4) is 0 Å². The molecule has 2 amide bonds. The molecule has 4 nitrogen and oxygen atoms in total. The first-order valence-electron chi connectivity index (χ1n) is 9.97. The van der Waals surface area contributed by atoms with Gasteiger partial charge in [-0.3, -0.25) is 4.90 Å². The van der Waals surface area contributed by atoms with Gasteiger partial charge in [0.2, 0.25) is 0 Å². The van der Waals surface area contributed by atoms with E-state index in [1.807, 2.05) is 0 Å². The standard InChI is InChI=1S/C21H33N3O/c1-17(2)20-16-23(19-11-12-19)14-15-24(20)21(25)22-13-7-6-10-18-8-4-3-5-9-18/h3-5,8-9,17,19-20H,6-7,10-16H2,1-2H3,(H,22,25)/t20-/m1/s1. The van der Waals surface area contributed by atoms with E-state index in [1.54, 1.807) is 0 Å². The number of nitrogens with zero attached hydrogens (tertiary/aromatic N) is 2. The van der Waals surface area contributed by atoms with Crippen LogP contribution in [0.3, 0.4) is 0 Å². The van der Waals surface area contributed by atoms with E-state index in [9.17, 15) is 4.79 Å². The smallest absolute Gasteiger partial charge is 0.317 e. The monoisotopic (exact) mass is 343 g/mol. The minimum atomic E-state index is 0.133. The van der Waals surface area contributed by atoms with E-state index in [0.717, 1.165) is 51.5 Å². The Morgan fingerprint density at radius 2 is 1.92 bits per heavy atom. The highest BCUT2D eigenvalue weighted by Crippen LogP contribution is 2.30. The fourth-order valence-corrected chi connectivity index (χ4v) is 3.82. The predicted molar refractivity (Wildman–Crippen MR) is 103 cm³/mol. The summed E-state index contributed by atoms with van der Waals surface area (Å²) in [5.41, 5.74) is 1.38. The zero-order chi connectivity index (χ0) is 17.6. The van der Waals surface area contributed by atoms with E-state index in [1.165, 1.54) is 18.4 Å². The highest BCUT2D eigenvalue weighted by atomic mass is 16.2. The number of aryl methyl sites for hydroxylation is 1. The second kappa shape index (κ2) is 8.70. The maximum absolute atomic E-state index is 12.6. The summed E-state index contributed by atoms with van der Waals surface area (Å²) in [5, 5.41) is 3.15. The quantitative estimate of drug-likeness (QED) is 0.769. The fourth-order valence-electron chi connectivity index (χ4n) is 3.82. The summed E-state index contributed by atoms with van der Waals surface area (Å²) < 4.78 is 0. The van der Waals surface area contributed by atoms with Gasteiger partial charge in [0.15, 0.2) is 0 Å². The molecule has 1 N–H and O–H groups in total. The molecular weight excluding hydrogens is 310 g/mol. The Morgan fingerprint density at radius 3 is 2.60 bits per heavy atom. The van der Waals surface area contributed by atoms with Crippen LogP contribution in [0.5, 0.6) is 0 Å². The number of amides is 2. The summed E-state index contributed by atoms with van der Waals surface area (Å²) in [4.78, 5) is 17.3. The number of urea groups is 1. The number of hydrogen-bond donors (Lipinski definition) is 1. The number of benzene rings is 1. The Morgan fingerprint density at radius 1 is 1.16 bits per heavy atom. The lowest BCUT2D eigenvalue weighted by Gasteiger charge is -2.43. The Labute approximate surface area is 152 Å². The van der Waals surface area contributed by atoms with Crippen molar-refractivity contribution < 1.29 is 4.79 Å². The Kier molecular flexibility index (Phi) is 6.35. The van der Waals surface area contributed by atoms with E-state index >= 15 is 0 Å². The highest BCUT2D eigenvalue weighted by Gasteiger charge is 2.38. The van der Waals surface area contributed by atoms with E-state index < -0.39 is 0 Å². The molecule has 0 spiro atoms. The third-order valence-electron chi connectivity index (χ3n) is 5.55. The van der Waals surface area contributed by atoms with Crippen molar-refractivity contribution in [3.05, 3.63) is 35.9 Å². The maximum Gasteiger partial charge on any atom is 0.317 e. The molecule has 1 saturated carbocycles. The molecule has 3 rings (SSSR count). The van der Waals surface area contributed by atoms with Crippen LogP contribution >= 0.6 is 0 Å². The number of hydrogen-bond acceptors (Lipinski definition) is 2. The van der Waals surface area contributed by atoms with Gasteiger partial charge < -0.3 is 10.2 Å². The van der Waals surface area contributed by atoms with Gasteiger partial charge in [-0.15, -0.1) is 0 Å². The van der Waals surface area contributed by atoms with E-state index in [4.69, 9.17) is 0 Å². The minimum absolute atomic E-state index is 0.133. The lowest BCUT2D eigenvalue weighted by atomic mass is 9.99. The number of piperazine rings is 1. The number of rotatable bonds is 7. The SMILES string of the molecule is CC(C)[C@H]1CN(C2CC2)CCN1C(=O)NCCCCc1ccccc1. The van der Waals surface area contributed by atoms with Gasteiger partial charge in [-0.25, -0.2) is 4.79 Å². The zero-order valence-electron chi connectivity index (χ0n) is 15.8. The third-order valence-corrected chi connectivity index (χ3v) is 5.55. The fraction of sp³-hybridized carbons (Fsp3) is 0.667. The van der Waals surface area contributed by atoms with Gasteiger partial charge in [0.1, 0.15) is 0 Å². The van der Waals surface area contributed by atoms with Crippen LogP contribution in [-0.2, 0) is 6.42 Å². The van der Waals surface area contributed by atoms with Crippen molar-refractivity contribution in [2.24, 2.45) is 5.92 Å². The average Bonchev–Trinajstić information content (AvgIpc) is 3.47. The largest absolute Gasteiger partial charge is 0.338 e. The van der Waals surface area contributed by atoms with Crippen molar-refractivity contribution in [1.82, 2.24) is 15.1 Å². The van der Waals surface area contributed by atoms with Crippen molar-refractivity contribution >= 4 is 6.03 Å². The molecule has 1 aliphatic carbocycles. The summed E-state index contributed by atoms with van der Waals surface area (Å²) in [5.74, 6) is 0.505. The normalized spacial score (nSPS) is 21.6. The van der Waals surface area contributed by atoms with Crippen LogP contribution in [0.1, 0.15) is 45.1 Å². The number of carbonyl (C=O) groups excluding carboxylic acids is 1. The van der Waals surface area contributed by atoms with Crippen LogP contribution in [0.15, 0.2) is 30.3 Å². The van der Waals surface area contributed by atoms with Gasteiger partial charge in [0.05, 0.1) is 0 Å². The molecule has 2 fully saturated rings. The number of nitrogens with one attached hydrogen (secondary N) is 1. The number of unbranched alkanes of at least 4 members (excludes halogenated alkanes) is 1. The molecular formula is C21H33N3O. The van der Waals surface area contributed by atoms with Crippen LogP contribution in [0.2, 0.25) is 0 Å². The molecule has 2 aliphatic rings. The first-order chi connectivity index (χ1) is 12.1. The van der Waals surface area contributed by atoms with Gasteiger partial charge in [-0.1, -0.05) is 44.2 Å². The second-order valence-electron chi connectivity index (χ2n) is 7.91. The van der Waals surface area contributed by atoms with Crippen molar-refractivity contribution in [2.45, 2.75) is 58.0 Å². The van der Waals surface area contributed by atoms with E-state index in [-0.39, 0.29) is 6.03 Å². The molecule has 1 aromatic rings. The molecule has 0 radical (unpaired) electrons. The molecule has 1 aromatic carbocycles. The summed E-state index contributed by atoms with van der Waals surface area (Å²) in [6, 6.07) is 11.8. The maximum atomic E-state index is 12.6. The first-order valence-corrected chi connectivity index (χ1v) is 9.97. The molecule has 4 heteroatoms. The van der Waals surface area contributed by atoms with Gasteiger partial charge >= 0.3 is 6.03 Å². The predicted octanol–water partition coefficient (Wildman–Crippen LogP) is 3.52. The lowest BCUT2D eigenvalue weighted by molar-refractivity contribution is 0.0681. The number of carbonyl (C=O) groups is 1. The molecule has 1 saturated heterocycles. The molecule has 0 bridgehead atoms. The molecule has 0 aromatic heterocycles. The Hall–Kier alpha value is -1.55. The summed E-state index contributed by atoms with van der Waals surface area (Å²) in [6.45, 7) is 8.20. The third kappa shape index (κ3) is 5.21. The highest BCUT2D eigenvalue weighted by molar-refractivity contribution is 5.74. The lowest BCUT2D eigenvalue weighted by Crippen LogP contribution is -2.59. The van der Waals surface area contributed by atoms with Gasteiger partial charge in [0, 0.05) is 38.3 Å². The van der Waals surface area contributed by atoms with Crippen LogP contribution in [-0.4, -0.2) is 54.1 Å². The molecule has 25 heavy (non-hydrogen) atoms. The van der Waals surface area contributed by atoms with E-state index in [2.05, 4.69) is 59.3 Å². The van der Waals surface area contributed by atoms with Crippen LogP contribution in [0, 0.1) is 5.92 Å². The summed E-state index contributed by atoms with van der Waals surface area (Å²) in [6.07, 6.45) is 5.94. The zero-order valence-corrected chi connectivity index (χ0v) is 15.8. The van der Waals surface area contributed by atoms with Crippen molar-refractivity contribution in [3.63, 3.8) is 0 Å². The molecule has 1 aliphatic heterocycles. The van der Waals surface area contributed by atoms with Gasteiger partial charge in [-0.2, -0.15) is 0 Å².